The van der Waals surface area contributed by atoms with Gasteiger partial charge in [0, 0.05) is 26.2 Å². The second-order valence-electron chi connectivity index (χ2n) is 4.93. The van der Waals surface area contributed by atoms with Gasteiger partial charge in [-0.15, -0.1) is 0 Å². The molecule has 1 heterocycles. The number of rotatable bonds is 9. The van der Waals surface area contributed by atoms with Crippen LogP contribution < -0.4 is 11.1 Å². The standard InChI is InChI=1S/C13H30N4.2C2H6/c1-2-6-15-7-4-9-17-12-10-16(11-13-17)8-3-5-14;2*1-2/h15H,2-14H2,1H3;2*1-2H3. The van der Waals surface area contributed by atoms with Crippen LogP contribution in [0.4, 0.5) is 0 Å². The molecule has 21 heavy (non-hydrogen) atoms. The molecule has 0 aromatic rings. The van der Waals surface area contributed by atoms with E-state index in [0.29, 0.717) is 0 Å². The predicted molar refractivity (Wildman–Crippen MR) is 97.0 cm³/mol. The summed E-state index contributed by atoms with van der Waals surface area (Å²) in [6.45, 7) is 20.7. The number of nitrogens with zero attached hydrogens (tertiary/aromatic N) is 2. The van der Waals surface area contributed by atoms with Crippen LogP contribution in [0, 0.1) is 0 Å². The Morgan fingerprint density at radius 3 is 1.71 bits per heavy atom. The molecule has 1 aliphatic rings. The van der Waals surface area contributed by atoms with Crippen LogP contribution in [0.1, 0.15) is 53.9 Å². The summed E-state index contributed by atoms with van der Waals surface area (Å²) in [5.41, 5.74) is 5.53. The molecule has 0 radical (unpaired) electrons. The van der Waals surface area contributed by atoms with Gasteiger partial charge in [-0.2, -0.15) is 0 Å². The minimum absolute atomic E-state index is 0.823. The average Bonchev–Trinajstić information content (AvgIpc) is 2.57. The summed E-state index contributed by atoms with van der Waals surface area (Å²) in [5.74, 6) is 0. The molecule has 1 aliphatic heterocycles. The molecule has 0 bridgehead atoms. The highest BCUT2D eigenvalue weighted by Crippen LogP contribution is 2.02. The Bertz CT molecular complexity index is 165. The lowest BCUT2D eigenvalue weighted by molar-refractivity contribution is 0.131. The molecule has 0 aliphatic carbocycles. The van der Waals surface area contributed by atoms with Gasteiger partial charge in [-0.25, -0.2) is 0 Å². The highest BCUT2D eigenvalue weighted by Gasteiger charge is 2.15. The topological polar surface area (TPSA) is 44.5 Å². The molecule has 4 heteroatoms. The molecule has 3 N–H and O–H groups in total. The molecule has 4 nitrogen and oxygen atoms in total. The van der Waals surface area contributed by atoms with Crippen LogP contribution in [0.25, 0.3) is 0 Å². The van der Waals surface area contributed by atoms with Gasteiger partial charge in [0.1, 0.15) is 0 Å². The van der Waals surface area contributed by atoms with Gasteiger partial charge < -0.3 is 20.9 Å². The molecule has 0 aromatic heterocycles. The van der Waals surface area contributed by atoms with Gasteiger partial charge in [0.2, 0.25) is 0 Å². The number of hydrogen-bond donors (Lipinski definition) is 2. The third kappa shape index (κ3) is 14.5. The van der Waals surface area contributed by atoms with Gasteiger partial charge in [0.25, 0.3) is 0 Å². The first-order valence-corrected chi connectivity index (χ1v) is 9.22. The van der Waals surface area contributed by atoms with Crippen LogP contribution in [0.15, 0.2) is 0 Å². The Kier molecular flexibility index (Phi) is 21.8. The summed E-state index contributed by atoms with van der Waals surface area (Å²) in [4.78, 5) is 5.13. The van der Waals surface area contributed by atoms with Crippen molar-refractivity contribution in [3.05, 3.63) is 0 Å². The van der Waals surface area contributed by atoms with Crippen molar-refractivity contribution in [2.24, 2.45) is 5.73 Å². The molecule has 0 spiro atoms. The van der Waals surface area contributed by atoms with Gasteiger partial charge in [-0.3, -0.25) is 0 Å². The Labute approximate surface area is 134 Å². The van der Waals surface area contributed by atoms with Gasteiger partial charge in [-0.1, -0.05) is 34.6 Å². The Balaban J connectivity index is 0. The molecular weight excluding hydrogens is 260 g/mol. The number of piperazine rings is 1. The van der Waals surface area contributed by atoms with Crippen molar-refractivity contribution in [1.29, 1.82) is 0 Å². The van der Waals surface area contributed by atoms with Crippen molar-refractivity contribution in [3.8, 4) is 0 Å². The van der Waals surface area contributed by atoms with E-state index in [1.165, 1.54) is 58.7 Å². The van der Waals surface area contributed by atoms with Crippen molar-refractivity contribution in [3.63, 3.8) is 0 Å². The van der Waals surface area contributed by atoms with Crippen LogP contribution >= 0.6 is 0 Å². The predicted octanol–water partition coefficient (Wildman–Crippen LogP) is 2.39. The van der Waals surface area contributed by atoms with Crippen molar-refractivity contribution in [2.75, 3.05) is 58.9 Å². The lowest BCUT2D eigenvalue weighted by Gasteiger charge is -2.34. The van der Waals surface area contributed by atoms with Crippen LogP contribution in [0.5, 0.6) is 0 Å². The number of nitrogens with two attached hydrogens (primary N) is 1. The Hall–Kier alpha value is -0.160. The Morgan fingerprint density at radius 2 is 1.29 bits per heavy atom. The molecule has 0 unspecified atom stereocenters. The number of nitrogens with one attached hydrogen (secondary N) is 1. The fourth-order valence-corrected chi connectivity index (χ4v) is 2.28. The van der Waals surface area contributed by atoms with E-state index >= 15 is 0 Å². The van der Waals surface area contributed by atoms with Gasteiger partial charge in [0.05, 0.1) is 0 Å². The van der Waals surface area contributed by atoms with Crippen LogP contribution in [-0.2, 0) is 0 Å². The zero-order valence-corrected chi connectivity index (χ0v) is 15.5. The third-order valence-corrected chi connectivity index (χ3v) is 3.40. The summed E-state index contributed by atoms with van der Waals surface area (Å²) in [6.07, 6.45) is 3.66. The minimum atomic E-state index is 0.823. The zero-order valence-electron chi connectivity index (χ0n) is 15.5. The summed E-state index contributed by atoms with van der Waals surface area (Å²) in [7, 11) is 0. The van der Waals surface area contributed by atoms with E-state index in [-0.39, 0.29) is 0 Å². The highest BCUT2D eigenvalue weighted by molar-refractivity contribution is 4.72. The van der Waals surface area contributed by atoms with Crippen molar-refractivity contribution in [1.82, 2.24) is 15.1 Å². The minimum Gasteiger partial charge on any atom is -0.330 e. The molecule has 1 saturated heterocycles. The monoisotopic (exact) mass is 302 g/mol. The first kappa shape index (κ1) is 23.1. The van der Waals surface area contributed by atoms with E-state index in [9.17, 15) is 0 Å². The summed E-state index contributed by atoms with van der Waals surface area (Å²) >= 11 is 0. The maximum atomic E-state index is 5.53. The quantitative estimate of drug-likeness (QED) is 0.642. The average molecular weight is 303 g/mol. The normalized spacial score (nSPS) is 15.7. The highest BCUT2D eigenvalue weighted by atomic mass is 15.3. The molecule has 0 aromatic carbocycles. The smallest absolute Gasteiger partial charge is 0.0110 e. The summed E-state index contributed by atoms with van der Waals surface area (Å²) in [5, 5.41) is 3.46. The zero-order chi connectivity index (χ0) is 16.3. The van der Waals surface area contributed by atoms with Gasteiger partial charge in [-0.05, 0) is 52.0 Å². The van der Waals surface area contributed by atoms with E-state index in [1.807, 2.05) is 27.7 Å². The SMILES string of the molecule is CC.CC.CCCNCCCN1CCN(CCCN)CC1. The first-order chi connectivity index (χ1) is 10.4. The molecule has 0 amide bonds. The van der Waals surface area contributed by atoms with Crippen molar-refractivity contribution in [2.45, 2.75) is 53.9 Å². The lowest BCUT2D eigenvalue weighted by atomic mass is 10.2. The second kappa shape index (κ2) is 19.8. The summed E-state index contributed by atoms with van der Waals surface area (Å²) in [6, 6.07) is 0. The Morgan fingerprint density at radius 1 is 0.810 bits per heavy atom. The van der Waals surface area contributed by atoms with E-state index in [0.717, 1.165) is 19.5 Å². The molecule has 1 rings (SSSR count). The van der Waals surface area contributed by atoms with Gasteiger partial charge in [0.15, 0.2) is 0 Å². The van der Waals surface area contributed by atoms with Crippen LogP contribution in [0.2, 0.25) is 0 Å². The van der Waals surface area contributed by atoms with Crippen LogP contribution in [0.3, 0.4) is 0 Å². The molecule has 1 fully saturated rings. The lowest BCUT2D eigenvalue weighted by Crippen LogP contribution is -2.47. The molecule has 0 saturated carbocycles. The maximum absolute atomic E-state index is 5.53. The van der Waals surface area contributed by atoms with E-state index < -0.39 is 0 Å². The van der Waals surface area contributed by atoms with Crippen molar-refractivity contribution < 1.29 is 0 Å². The van der Waals surface area contributed by atoms with Crippen LogP contribution in [-0.4, -0.2) is 68.7 Å². The van der Waals surface area contributed by atoms with E-state index in [4.69, 9.17) is 5.73 Å². The van der Waals surface area contributed by atoms with Gasteiger partial charge >= 0.3 is 0 Å². The summed E-state index contributed by atoms with van der Waals surface area (Å²) < 4.78 is 0. The maximum Gasteiger partial charge on any atom is 0.0110 e. The fraction of sp³-hybridized carbons (Fsp3) is 1.00. The molecule has 0 atom stereocenters. The second-order valence-corrected chi connectivity index (χ2v) is 4.93. The third-order valence-electron chi connectivity index (χ3n) is 3.40. The molecular formula is C17H42N4. The molecule has 130 valence electrons. The number of hydrogen-bond acceptors (Lipinski definition) is 4. The largest absolute Gasteiger partial charge is 0.330 e. The fourth-order valence-electron chi connectivity index (χ4n) is 2.28. The van der Waals surface area contributed by atoms with E-state index in [2.05, 4.69) is 22.0 Å². The first-order valence-electron chi connectivity index (χ1n) is 9.22. The van der Waals surface area contributed by atoms with E-state index in [1.54, 1.807) is 0 Å². The van der Waals surface area contributed by atoms with Crippen molar-refractivity contribution >= 4 is 0 Å².